The van der Waals surface area contributed by atoms with Crippen LogP contribution in [0, 0.1) is 6.92 Å². The first-order chi connectivity index (χ1) is 8.46. The third-order valence-corrected chi connectivity index (χ3v) is 5.19. The Labute approximate surface area is 120 Å². The zero-order valence-electron chi connectivity index (χ0n) is 11.5. The van der Waals surface area contributed by atoms with Crippen LogP contribution in [-0.2, 0) is 16.6 Å². The van der Waals surface area contributed by atoms with Crippen LogP contribution in [-0.4, -0.2) is 48.0 Å². The average molecular weight is 309 g/mol. The summed E-state index contributed by atoms with van der Waals surface area (Å²) in [4.78, 5) is 4.18. The number of aryl methyl sites for hydroxylation is 2. The molecule has 0 amide bonds. The van der Waals surface area contributed by atoms with Gasteiger partial charge in [-0.25, -0.2) is 13.4 Å². The van der Waals surface area contributed by atoms with Crippen LogP contribution >= 0.6 is 12.4 Å². The lowest BCUT2D eigenvalue weighted by molar-refractivity contribution is 0.283. The lowest BCUT2D eigenvalue weighted by Crippen LogP contribution is -2.52. The zero-order valence-corrected chi connectivity index (χ0v) is 13.1. The Kier molecular flexibility index (Phi) is 5.37. The minimum atomic E-state index is -3.46. The molecule has 0 spiro atoms. The summed E-state index contributed by atoms with van der Waals surface area (Å²) in [7, 11) is -3.46. The summed E-state index contributed by atoms with van der Waals surface area (Å²) in [6.07, 6.45) is 1.62. The molecule has 1 aliphatic rings. The van der Waals surface area contributed by atoms with Crippen molar-refractivity contribution < 1.29 is 8.42 Å². The van der Waals surface area contributed by atoms with E-state index in [9.17, 15) is 8.42 Å². The number of imidazole rings is 1. The summed E-state index contributed by atoms with van der Waals surface area (Å²) in [6.45, 7) is 8.31. The molecule has 6 nitrogen and oxygen atoms in total. The van der Waals surface area contributed by atoms with Gasteiger partial charge in [-0.15, -0.1) is 12.4 Å². The summed E-state index contributed by atoms with van der Waals surface area (Å²) in [5.74, 6) is 0.735. The first-order valence-corrected chi connectivity index (χ1v) is 7.67. The SMILES string of the molecule is CCn1cc(S(=O)(=O)N2CCNCC2C)nc1C.Cl. The average Bonchev–Trinajstić information content (AvgIpc) is 2.71. The lowest BCUT2D eigenvalue weighted by atomic mass is 10.3. The molecule has 1 aromatic heterocycles. The zero-order chi connectivity index (χ0) is 13.3. The van der Waals surface area contributed by atoms with Gasteiger partial charge in [-0.2, -0.15) is 4.31 Å². The highest BCUT2D eigenvalue weighted by Crippen LogP contribution is 2.18. The summed E-state index contributed by atoms with van der Waals surface area (Å²) in [6, 6.07) is -0.0316. The Morgan fingerprint density at radius 2 is 2.21 bits per heavy atom. The van der Waals surface area contributed by atoms with Gasteiger partial charge in [-0.1, -0.05) is 0 Å². The second kappa shape index (κ2) is 6.21. The van der Waals surface area contributed by atoms with Crippen molar-refractivity contribution in [2.45, 2.75) is 38.4 Å². The summed E-state index contributed by atoms with van der Waals surface area (Å²) >= 11 is 0. The molecular formula is C11H21ClN4O2S. The van der Waals surface area contributed by atoms with E-state index in [0.29, 0.717) is 19.6 Å². The van der Waals surface area contributed by atoms with Crippen molar-refractivity contribution in [2.75, 3.05) is 19.6 Å². The van der Waals surface area contributed by atoms with Crippen molar-refractivity contribution in [3.63, 3.8) is 0 Å². The van der Waals surface area contributed by atoms with Gasteiger partial charge in [0.2, 0.25) is 0 Å². The monoisotopic (exact) mass is 308 g/mol. The number of sulfonamides is 1. The normalized spacial score (nSPS) is 21.1. The molecule has 2 rings (SSSR count). The predicted octanol–water partition coefficient (Wildman–Crippen LogP) is 0.616. The second-order valence-electron chi connectivity index (χ2n) is 4.58. The molecule has 1 saturated heterocycles. The van der Waals surface area contributed by atoms with Crippen molar-refractivity contribution in [2.24, 2.45) is 0 Å². The van der Waals surface area contributed by atoms with Crippen LogP contribution in [0.1, 0.15) is 19.7 Å². The molecule has 0 bridgehead atoms. The van der Waals surface area contributed by atoms with Gasteiger partial charge in [0.05, 0.1) is 0 Å². The summed E-state index contributed by atoms with van der Waals surface area (Å²) in [5.41, 5.74) is 0. The van der Waals surface area contributed by atoms with Crippen LogP contribution in [0.5, 0.6) is 0 Å². The Hall–Kier alpha value is -0.630. The van der Waals surface area contributed by atoms with E-state index >= 15 is 0 Å². The highest BCUT2D eigenvalue weighted by atomic mass is 35.5. The van der Waals surface area contributed by atoms with Crippen molar-refractivity contribution in [1.29, 1.82) is 0 Å². The number of hydrogen-bond acceptors (Lipinski definition) is 4. The molecule has 0 saturated carbocycles. The third-order valence-electron chi connectivity index (χ3n) is 3.31. The Morgan fingerprint density at radius 3 is 2.74 bits per heavy atom. The van der Waals surface area contributed by atoms with Crippen LogP contribution in [0.2, 0.25) is 0 Å². The van der Waals surface area contributed by atoms with E-state index in [1.54, 1.807) is 6.20 Å². The fourth-order valence-electron chi connectivity index (χ4n) is 2.22. The molecule has 1 fully saturated rings. The highest BCUT2D eigenvalue weighted by molar-refractivity contribution is 7.89. The number of nitrogens with one attached hydrogen (secondary N) is 1. The summed E-state index contributed by atoms with van der Waals surface area (Å²) < 4.78 is 28.4. The maximum atomic E-state index is 12.5. The fraction of sp³-hybridized carbons (Fsp3) is 0.727. The quantitative estimate of drug-likeness (QED) is 0.889. The molecule has 1 N–H and O–H groups in total. The predicted molar refractivity (Wildman–Crippen MR) is 76.1 cm³/mol. The molecule has 1 aromatic rings. The maximum absolute atomic E-state index is 12.5. The van der Waals surface area contributed by atoms with E-state index in [-0.39, 0.29) is 23.5 Å². The Morgan fingerprint density at radius 1 is 1.53 bits per heavy atom. The number of hydrogen-bond donors (Lipinski definition) is 1. The molecule has 1 atom stereocenters. The van der Waals surface area contributed by atoms with Crippen LogP contribution in [0.25, 0.3) is 0 Å². The van der Waals surface area contributed by atoms with Crippen LogP contribution < -0.4 is 5.32 Å². The highest BCUT2D eigenvalue weighted by Gasteiger charge is 2.32. The number of halogens is 1. The third kappa shape index (κ3) is 3.10. The van der Waals surface area contributed by atoms with Crippen molar-refractivity contribution in [3.05, 3.63) is 12.0 Å². The van der Waals surface area contributed by atoms with Gasteiger partial charge < -0.3 is 9.88 Å². The first kappa shape index (κ1) is 16.4. The minimum Gasteiger partial charge on any atom is -0.334 e. The van der Waals surface area contributed by atoms with E-state index in [4.69, 9.17) is 0 Å². The lowest BCUT2D eigenvalue weighted by Gasteiger charge is -2.32. The number of piperazine rings is 1. The Bertz CT molecular complexity index is 529. The van der Waals surface area contributed by atoms with Gasteiger partial charge in [-0.05, 0) is 20.8 Å². The second-order valence-corrected chi connectivity index (χ2v) is 6.42. The largest absolute Gasteiger partial charge is 0.334 e. The fourth-order valence-corrected chi connectivity index (χ4v) is 3.85. The van der Waals surface area contributed by atoms with Crippen molar-refractivity contribution in [3.8, 4) is 0 Å². The van der Waals surface area contributed by atoms with E-state index in [1.807, 2.05) is 25.3 Å². The molecule has 1 aliphatic heterocycles. The van der Waals surface area contributed by atoms with Crippen molar-refractivity contribution >= 4 is 22.4 Å². The van der Waals surface area contributed by atoms with Crippen LogP contribution in [0.15, 0.2) is 11.2 Å². The molecule has 0 radical (unpaired) electrons. The van der Waals surface area contributed by atoms with Gasteiger partial charge in [0.1, 0.15) is 5.82 Å². The van der Waals surface area contributed by atoms with Crippen LogP contribution in [0.3, 0.4) is 0 Å². The van der Waals surface area contributed by atoms with E-state index < -0.39 is 10.0 Å². The first-order valence-electron chi connectivity index (χ1n) is 6.23. The van der Waals surface area contributed by atoms with Crippen molar-refractivity contribution in [1.82, 2.24) is 19.2 Å². The smallest absolute Gasteiger partial charge is 0.262 e. The van der Waals surface area contributed by atoms with Crippen LogP contribution in [0.4, 0.5) is 0 Å². The van der Waals surface area contributed by atoms with Gasteiger partial charge >= 0.3 is 0 Å². The maximum Gasteiger partial charge on any atom is 0.262 e. The van der Waals surface area contributed by atoms with Gasteiger partial charge in [0.25, 0.3) is 10.0 Å². The summed E-state index contributed by atoms with van der Waals surface area (Å²) in [5, 5.41) is 3.35. The number of rotatable bonds is 3. The molecule has 8 heteroatoms. The Balaban J connectivity index is 0.00000180. The van der Waals surface area contributed by atoms with Gasteiger partial charge in [-0.3, -0.25) is 0 Å². The van der Waals surface area contributed by atoms with E-state index in [2.05, 4.69) is 10.3 Å². The standard InChI is InChI=1S/C11H20N4O2S.ClH/c1-4-14-8-11(13-10(14)3)18(16,17)15-6-5-12-7-9(15)2;/h8-9,12H,4-7H2,1-3H3;1H. The van der Waals surface area contributed by atoms with E-state index in [0.717, 1.165) is 12.4 Å². The molecular weight excluding hydrogens is 288 g/mol. The number of aromatic nitrogens is 2. The topological polar surface area (TPSA) is 67.2 Å². The van der Waals surface area contributed by atoms with Gasteiger partial charge in [0.15, 0.2) is 5.03 Å². The number of nitrogens with zero attached hydrogens (tertiary/aromatic N) is 3. The minimum absolute atomic E-state index is 0. The molecule has 110 valence electrons. The molecule has 19 heavy (non-hydrogen) atoms. The molecule has 0 aromatic carbocycles. The molecule has 2 heterocycles. The molecule has 1 unspecified atom stereocenters. The van der Waals surface area contributed by atoms with E-state index in [1.165, 1.54) is 4.31 Å². The van der Waals surface area contributed by atoms with Gasteiger partial charge in [0, 0.05) is 38.4 Å². The molecule has 0 aliphatic carbocycles.